The topological polar surface area (TPSA) is 67.9 Å². The number of nitrogens with zero attached hydrogens (tertiary/aromatic N) is 1. The van der Waals surface area contributed by atoms with Crippen LogP contribution in [-0.4, -0.2) is 43.5 Å². The number of para-hydroxylation sites is 2. The second-order valence-electron chi connectivity index (χ2n) is 6.48. The van der Waals surface area contributed by atoms with Crippen molar-refractivity contribution < 1.29 is 19.1 Å². The van der Waals surface area contributed by atoms with Gasteiger partial charge in [-0.1, -0.05) is 37.3 Å². The number of hydrogen-bond acceptors (Lipinski definition) is 4. The monoisotopic (exact) mass is 396 g/mol. The number of rotatable bonds is 9. The fourth-order valence-electron chi connectivity index (χ4n) is 2.95. The zero-order valence-electron chi connectivity index (χ0n) is 17.3. The van der Waals surface area contributed by atoms with Gasteiger partial charge >= 0.3 is 0 Å². The molecule has 0 aliphatic carbocycles. The minimum absolute atomic E-state index is 0.231. The maximum absolute atomic E-state index is 12.8. The maximum Gasteiger partial charge on any atom is 0.247 e. The molecule has 0 aliphatic rings. The fraction of sp³-hybridized carbons (Fsp3) is 0.304. The first-order valence-corrected chi connectivity index (χ1v) is 9.57. The summed E-state index contributed by atoms with van der Waals surface area (Å²) < 4.78 is 10.7. The van der Waals surface area contributed by atoms with Gasteiger partial charge in [-0.05, 0) is 37.6 Å². The molecule has 0 radical (unpaired) electrons. The maximum atomic E-state index is 12.8. The summed E-state index contributed by atoms with van der Waals surface area (Å²) in [5.74, 6) is 0.664. The van der Waals surface area contributed by atoms with Crippen LogP contribution in [0.4, 0.5) is 5.69 Å². The minimum Gasteiger partial charge on any atom is -0.493 e. The highest BCUT2D eigenvalue weighted by atomic mass is 16.5. The van der Waals surface area contributed by atoms with Gasteiger partial charge in [-0.25, -0.2) is 0 Å². The molecule has 6 nitrogen and oxygen atoms in total. The highest BCUT2D eigenvalue weighted by Gasteiger charge is 2.24. The Hall–Kier alpha value is -3.28. The lowest BCUT2D eigenvalue weighted by molar-refractivity contribution is -0.134. The smallest absolute Gasteiger partial charge is 0.247 e. The van der Waals surface area contributed by atoms with E-state index in [1.165, 1.54) is 6.08 Å². The van der Waals surface area contributed by atoms with Crippen molar-refractivity contribution in [2.45, 2.75) is 26.3 Å². The van der Waals surface area contributed by atoms with Crippen molar-refractivity contribution >= 4 is 23.6 Å². The standard InChI is InChI=1S/C23H28N2O4/c1-5-16-25(17(2)23(27)24-19-11-7-6-8-12-19)21(26)15-14-18-10-9-13-20(28-3)22(18)29-4/h6-15,17H,5,16H2,1-4H3,(H,24,27)/b15-14-/t17-/m1/s1. The summed E-state index contributed by atoms with van der Waals surface area (Å²) in [6, 6.07) is 14.0. The van der Waals surface area contributed by atoms with Gasteiger partial charge in [0.1, 0.15) is 6.04 Å². The molecule has 2 rings (SSSR count). The minimum atomic E-state index is -0.612. The van der Waals surface area contributed by atoms with Gasteiger partial charge in [-0.3, -0.25) is 9.59 Å². The summed E-state index contributed by atoms with van der Waals surface area (Å²) in [6.07, 6.45) is 3.87. The molecule has 1 atom stereocenters. The molecule has 6 heteroatoms. The van der Waals surface area contributed by atoms with Crippen LogP contribution >= 0.6 is 0 Å². The molecule has 0 aliphatic heterocycles. The summed E-state index contributed by atoms with van der Waals surface area (Å²) in [6.45, 7) is 4.17. The number of amides is 2. The van der Waals surface area contributed by atoms with E-state index in [9.17, 15) is 9.59 Å². The Morgan fingerprint density at radius 3 is 2.41 bits per heavy atom. The Morgan fingerprint density at radius 2 is 1.79 bits per heavy atom. The molecule has 2 aromatic rings. The second-order valence-corrected chi connectivity index (χ2v) is 6.48. The SMILES string of the molecule is CCCN(C(=O)/C=C\c1cccc(OC)c1OC)[C@H](C)C(=O)Nc1ccccc1. The number of nitrogens with one attached hydrogen (secondary N) is 1. The van der Waals surface area contributed by atoms with E-state index in [1.807, 2.05) is 49.4 Å². The molecule has 2 aromatic carbocycles. The Kier molecular flexibility index (Phi) is 8.27. The predicted molar refractivity (Wildman–Crippen MR) is 115 cm³/mol. The van der Waals surface area contributed by atoms with Gasteiger partial charge in [0.05, 0.1) is 14.2 Å². The van der Waals surface area contributed by atoms with Crippen LogP contribution in [0.1, 0.15) is 25.8 Å². The number of benzene rings is 2. The van der Waals surface area contributed by atoms with Gasteiger partial charge in [0, 0.05) is 23.9 Å². The molecule has 0 saturated heterocycles. The lowest BCUT2D eigenvalue weighted by Crippen LogP contribution is -2.45. The predicted octanol–water partition coefficient (Wildman–Crippen LogP) is 3.98. The van der Waals surface area contributed by atoms with Gasteiger partial charge < -0.3 is 19.7 Å². The molecule has 154 valence electrons. The molecular weight excluding hydrogens is 368 g/mol. The van der Waals surface area contributed by atoms with Crippen molar-refractivity contribution in [3.8, 4) is 11.5 Å². The molecule has 0 bridgehead atoms. The Morgan fingerprint density at radius 1 is 1.07 bits per heavy atom. The molecule has 29 heavy (non-hydrogen) atoms. The zero-order chi connectivity index (χ0) is 21.2. The zero-order valence-corrected chi connectivity index (χ0v) is 17.3. The van der Waals surface area contributed by atoms with Gasteiger partial charge in [0.2, 0.25) is 11.8 Å². The summed E-state index contributed by atoms with van der Waals surface area (Å²) >= 11 is 0. The molecule has 1 N–H and O–H groups in total. The molecular formula is C23H28N2O4. The number of carbonyl (C=O) groups is 2. The first-order chi connectivity index (χ1) is 14.0. The number of anilines is 1. The van der Waals surface area contributed by atoms with Gasteiger partial charge in [-0.2, -0.15) is 0 Å². The first kappa shape index (κ1) is 22.0. The molecule has 0 saturated carbocycles. The number of ether oxygens (including phenoxy) is 2. The van der Waals surface area contributed by atoms with Crippen LogP contribution < -0.4 is 14.8 Å². The Bertz CT molecular complexity index is 849. The van der Waals surface area contributed by atoms with Gasteiger partial charge in [0.15, 0.2) is 11.5 Å². The molecule has 0 aromatic heterocycles. The summed E-state index contributed by atoms with van der Waals surface area (Å²) in [4.78, 5) is 27.0. The van der Waals surface area contributed by atoms with Crippen LogP contribution in [-0.2, 0) is 9.59 Å². The van der Waals surface area contributed by atoms with Crippen LogP contribution in [0.5, 0.6) is 11.5 Å². The fourth-order valence-corrected chi connectivity index (χ4v) is 2.95. The van der Waals surface area contributed by atoms with Crippen LogP contribution in [0.25, 0.3) is 6.08 Å². The van der Waals surface area contributed by atoms with Gasteiger partial charge in [0.25, 0.3) is 0 Å². The van der Waals surface area contributed by atoms with E-state index in [-0.39, 0.29) is 11.8 Å². The third-order valence-electron chi connectivity index (χ3n) is 4.47. The van der Waals surface area contributed by atoms with E-state index in [0.29, 0.717) is 23.7 Å². The van der Waals surface area contributed by atoms with E-state index in [2.05, 4.69) is 5.32 Å². The average Bonchev–Trinajstić information content (AvgIpc) is 2.75. The summed E-state index contributed by atoms with van der Waals surface area (Å²) in [5, 5.41) is 2.85. The van der Waals surface area contributed by atoms with E-state index >= 15 is 0 Å². The number of methoxy groups -OCH3 is 2. The van der Waals surface area contributed by atoms with E-state index < -0.39 is 6.04 Å². The highest BCUT2D eigenvalue weighted by Crippen LogP contribution is 2.31. The van der Waals surface area contributed by atoms with Crippen LogP contribution in [0.15, 0.2) is 54.6 Å². The first-order valence-electron chi connectivity index (χ1n) is 9.57. The van der Waals surface area contributed by atoms with Crippen LogP contribution in [0.2, 0.25) is 0 Å². The molecule has 2 amide bonds. The van der Waals surface area contributed by atoms with E-state index in [4.69, 9.17) is 9.47 Å². The highest BCUT2D eigenvalue weighted by molar-refractivity contribution is 6.00. The molecule has 0 fully saturated rings. The van der Waals surface area contributed by atoms with E-state index in [1.54, 1.807) is 38.2 Å². The van der Waals surface area contributed by atoms with Gasteiger partial charge in [-0.15, -0.1) is 0 Å². The quantitative estimate of drug-likeness (QED) is 0.651. The lowest BCUT2D eigenvalue weighted by atomic mass is 10.1. The Labute approximate surface area is 172 Å². The van der Waals surface area contributed by atoms with Crippen molar-refractivity contribution in [3.05, 3.63) is 60.2 Å². The van der Waals surface area contributed by atoms with Crippen LogP contribution in [0.3, 0.4) is 0 Å². The normalized spacial score (nSPS) is 11.7. The van der Waals surface area contributed by atoms with Crippen molar-refractivity contribution in [3.63, 3.8) is 0 Å². The largest absolute Gasteiger partial charge is 0.493 e. The third-order valence-corrected chi connectivity index (χ3v) is 4.47. The molecule has 0 spiro atoms. The number of hydrogen-bond donors (Lipinski definition) is 1. The van der Waals surface area contributed by atoms with Crippen molar-refractivity contribution in [1.29, 1.82) is 0 Å². The summed E-state index contributed by atoms with van der Waals surface area (Å²) in [7, 11) is 3.11. The third kappa shape index (κ3) is 5.85. The number of carbonyl (C=O) groups excluding carboxylic acids is 2. The van der Waals surface area contributed by atoms with Crippen molar-refractivity contribution in [1.82, 2.24) is 4.90 Å². The van der Waals surface area contributed by atoms with E-state index in [0.717, 1.165) is 12.0 Å². The molecule has 0 unspecified atom stereocenters. The van der Waals surface area contributed by atoms with Crippen LogP contribution in [0, 0.1) is 0 Å². The lowest BCUT2D eigenvalue weighted by Gasteiger charge is -2.27. The summed E-state index contributed by atoms with van der Waals surface area (Å²) in [5.41, 5.74) is 1.42. The molecule has 0 heterocycles. The van der Waals surface area contributed by atoms with Crippen molar-refractivity contribution in [2.24, 2.45) is 0 Å². The van der Waals surface area contributed by atoms with Crippen molar-refractivity contribution in [2.75, 3.05) is 26.1 Å². The average molecular weight is 396 g/mol. The second kappa shape index (κ2) is 10.9. The Balaban J connectivity index is 2.16.